The Morgan fingerprint density at radius 3 is 2.45 bits per heavy atom. The maximum absolute atomic E-state index is 11.8. The molecule has 0 radical (unpaired) electrons. The van der Waals surface area contributed by atoms with Crippen LogP contribution in [0.3, 0.4) is 0 Å². The van der Waals surface area contributed by atoms with E-state index in [0.29, 0.717) is 6.54 Å². The number of carbonyl (C=O) groups excluding carboxylic acids is 1. The molecule has 8 nitrogen and oxygen atoms in total. The largest absolute Gasteiger partial charge is 0.356 e. The molecule has 0 unspecified atom stereocenters. The van der Waals surface area contributed by atoms with Crippen LogP contribution >= 0.6 is 0 Å². The summed E-state index contributed by atoms with van der Waals surface area (Å²) in [5.74, 6) is -0.326. The van der Waals surface area contributed by atoms with Crippen LogP contribution in [-0.4, -0.2) is 22.3 Å². The average Bonchev–Trinajstić information content (AvgIpc) is 2.47. The van der Waals surface area contributed by atoms with Crippen molar-refractivity contribution >= 4 is 17.3 Å². The summed E-state index contributed by atoms with van der Waals surface area (Å²) in [7, 11) is 0. The van der Waals surface area contributed by atoms with Gasteiger partial charge in [-0.15, -0.1) is 0 Å². The molecule has 0 atom stereocenters. The summed E-state index contributed by atoms with van der Waals surface area (Å²) >= 11 is 0. The Kier molecular flexibility index (Phi) is 6.94. The number of nitrogens with zero attached hydrogens (tertiary/aromatic N) is 2. The van der Waals surface area contributed by atoms with Gasteiger partial charge in [0.2, 0.25) is 5.91 Å². The number of carbonyl (C=O) groups is 1. The van der Waals surface area contributed by atoms with Gasteiger partial charge in [-0.05, 0) is 12.5 Å². The molecule has 0 saturated carbocycles. The number of rotatable bonds is 9. The number of nitro groups is 2. The molecule has 0 heterocycles. The van der Waals surface area contributed by atoms with Crippen LogP contribution in [0.4, 0.5) is 11.4 Å². The number of unbranched alkanes of at least 4 members (excludes halogenated alkanes) is 3. The fraction of sp³-hybridized carbons (Fsp3) is 0.500. The van der Waals surface area contributed by atoms with E-state index in [-0.39, 0.29) is 23.6 Å². The Labute approximate surface area is 127 Å². The van der Waals surface area contributed by atoms with Crippen molar-refractivity contribution in [3.8, 4) is 0 Å². The smallest absolute Gasteiger partial charge is 0.279 e. The van der Waals surface area contributed by atoms with Gasteiger partial charge >= 0.3 is 0 Å². The van der Waals surface area contributed by atoms with Gasteiger partial charge < -0.3 is 5.32 Å². The molecule has 0 aliphatic rings. The summed E-state index contributed by atoms with van der Waals surface area (Å²) in [6, 6.07) is 3.30. The van der Waals surface area contributed by atoms with E-state index in [1.54, 1.807) is 0 Å². The molecule has 1 aromatic rings. The minimum atomic E-state index is -0.711. The maximum atomic E-state index is 11.8. The van der Waals surface area contributed by atoms with E-state index in [9.17, 15) is 25.0 Å². The predicted molar refractivity (Wildman–Crippen MR) is 80.6 cm³/mol. The van der Waals surface area contributed by atoms with Gasteiger partial charge in [-0.3, -0.25) is 25.0 Å². The normalized spacial score (nSPS) is 10.2. The molecule has 22 heavy (non-hydrogen) atoms. The van der Waals surface area contributed by atoms with E-state index in [2.05, 4.69) is 12.2 Å². The molecule has 0 aliphatic heterocycles. The van der Waals surface area contributed by atoms with Crippen molar-refractivity contribution in [2.45, 2.75) is 39.0 Å². The minimum absolute atomic E-state index is 0.165. The molecule has 1 N–H and O–H groups in total. The highest BCUT2D eigenvalue weighted by Gasteiger charge is 2.20. The van der Waals surface area contributed by atoms with Gasteiger partial charge in [0.25, 0.3) is 11.4 Å². The minimum Gasteiger partial charge on any atom is -0.356 e. The van der Waals surface area contributed by atoms with Gasteiger partial charge in [-0.25, -0.2) is 0 Å². The number of amides is 1. The van der Waals surface area contributed by atoms with Crippen molar-refractivity contribution in [1.29, 1.82) is 0 Å². The molecular weight excluding hydrogens is 290 g/mol. The summed E-state index contributed by atoms with van der Waals surface area (Å²) < 4.78 is 0. The van der Waals surface area contributed by atoms with Crippen molar-refractivity contribution < 1.29 is 14.6 Å². The molecule has 0 fully saturated rings. The lowest BCUT2D eigenvalue weighted by Gasteiger charge is -2.06. The summed E-state index contributed by atoms with van der Waals surface area (Å²) in [4.78, 5) is 32.0. The molecule has 1 rings (SSSR count). The molecule has 0 aromatic heterocycles. The van der Waals surface area contributed by atoms with E-state index in [1.165, 1.54) is 6.07 Å². The highest BCUT2D eigenvalue weighted by Crippen LogP contribution is 2.24. The third kappa shape index (κ3) is 5.47. The van der Waals surface area contributed by atoms with Gasteiger partial charge in [0.05, 0.1) is 22.3 Å². The second-order valence-corrected chi connectivity index (χ2v) is 4.91. The molecule has 8 heteroatoms. The van der Waals surface area contributed by atoms with Crippen molar-refractivity contribution in [2.24, 2.45) is 0 Å². The van der Waals surface area contributed by atoms with Gasteiger partial charge in [-0.1, -0.05) is 26.2 Å². The van der Waals surface area contributed by atoms with E-state index in [1.807, 2.05) is 0 Å². The second-order valence-electron chi connectivity index (χ2n) is 4.91. The fourth-order valence-corrected chi connectivity index (χ4v) is 2.00. The number of hydrogen-bond donors (Lipinski definition) is 1. The van der Waals surface area contributed by atoms with E-state index in [4.69, 9.17) is 0 Å². The first-order valence-electron chi connectivity index (χ1n) is 7.14. The highest BCUT2D eigenvalue weighted by molar-refractivity contribution is 5.80. The number of hydrogen-bond acceptors (Lipinski definition) is 5. The summed E-state index contributed by atoms with van der Waals surface area (Å²) in [6.45, 7) is 2.62. The van der Waals surface area contributed by atoms with E-state index >= 15 is 0 Å². The van der Waals surface area contributed by atoms with Crippen molar-refractivity contribution in [1.82, 2.24) is 5.32 Å². The van der Waals surface area contributed by atoms with Crippen molar-refractivity contribution in [3.05, 3.63) is 44.0 Å². The van der Waals surface area contributed by atoms with Crippen LogP contribution in [0.5, 0.6) is 0 Å². The second kappa shape index (κ2) is 8.71. The van der Waals surface area contributed by atoms with Crippen LogP contribution in [0.25, 0.3) is 0 Å². The Hall–Kier alpha value is -2.51. The molecule has 0 aliphatic carbocycles. The molecule has 1 aromatic carbocycles. The predicted octanol–water partition coefficient (Wildman–Crippen LogP) is 2.74. The van der Waals surface area contributed by atoms with Gasteiger partial charge in [0, 0.05) is 18.2 Å². The molecule has 120 valence electrons. The van der Waals surface area contributed by atoms with Crippen LogP contribution in [-0.2, 0) is 11.2 Å². The lowest BCUT2D eigenvalue weighted by Crippen LogP contribution is -2.26. The topological polar surface area (TPSA) is 115 Å². The average molecular weight is 309 g/mol. The number of nitrogens with one attached hydrogen (secondary N) is 1. The van der Waals surface area contributed by atoms with Crippen molar-refractivity contribution in [3.63, 3.8) is 0 Å². The molecule has 0 spiro atoms. The monoisotopic (exact) mass is 309 g/mol. The quantitative estimate of drug-likeness (QED) is 0.428. The van der Waals surface area contributed by atoms with Crippen LogP contribution in [0.15, 0.2) is 18.2 Å². The van der Waals surface area contributed by atoms with Crippen LogP contribution in [0.2, 0.25) is 0 Å². The maximum Gasteiger partial charge on any atom is 0.279 e. The third-order valence-corrected chi connectivity index (χ3v) is 3.18. The zero-order valence-corrected chi connectivity index (χ0v) is 12.4. The Balaban J connectivity index is 2.66. The summed E-state index contributed by atoms with van der Waals surface area (Å²) in [5.41, 5.74) is -0.604. The molecule has 1 amide bonds. The number of benzene rings is 1. The van der Waals surface area contributed by atoms with Gasteiger partial charge in [-0.2, -0.15) is 0 Å². The highest BCUT2D eigenvalue weighted by atomic mass is 16.6. The lowest BCUT2D eigenvalue weighted by molar-refractivity contribution is -0.394. The van der Waals surface area contributed by atoms with Crippen molar-refractivity contribution in [2.75, 3.05) is 6.54 Å². The molecule has 0 bridgehead atoms. The molecule has 0 saturated heterocycles. The number of non-ortho nitro benzene ring substituents is 1. The van der Waals surface area contributed by atoms with Gasteiger partial charge in [0.1, 0.15) is 0 Å². The lowest BCUT2D eigenvalue weighted by atomic mass is 10.1. The summed E-state index contributed by atoms with van der Waals surface area (Å²) in [6.07, 6.45) is 3.92. The Bertz CT molecular complexity index is 559. The Morgan fingerprint density at radius 1 is 1.14 bits per heavy atom. The first kappa shape index (κ1) is 17.5. The first-order valence-corrected chi connectivity index (χ1v) is 7.14. The zero-order valence-electron chi connectivity index (χ0n) is 12.4. The first-order chi connectivity index (χ1) is 10.5. The van der Waals surface area contributed by atoms with Crippen LogP contribution in [0, 0.1) is 20.2 Å². The number of nitro benzene ring substituents is 2. The van der Waals surface area contributed by atoms with E-state index in [0.717, 1.165) is 37.8 Å². The molecular formula is C14H19N3O5. The SMILES string of the molecule is CCCCCCNC(=O)Cc1ccc([N+](=O)[O-])cc1[N+](=O)[O-]. The Morgan fingerprint density at radius 2 is 1.86 bits per heavy atom. The zero-order chi connectivity index (χ0) is 16.5. The van der Waals surface area contributed by atoms with Gasteiger partial charge in [0.15, 0.2) is 0 Å². The summed E-state index contributed by atoms with van der Waals surface area (Å²) in [5, 5.41) is 24.3. The van der Waals surface area contributed by atoms with E-state index < -0.39 is 15.5 Å². The third-order valence-electron chi connectivity index (χ3n) is 3.18. The van der Waals surface area contributed by atoms with Crippen LogP contribution in [0.1, 0.15) is 38.2 Å². The standard InChI is InChI=1S/C14H19N3O5/c1-2-3-4-5-8-15-14(18)9-11-6-7-12(16(19)20)10-13(11)17(21)22/h6-7,10H,2-5,8-9H2,1H3,(H,15,18). The van der Waals surface area contributed by atoms with Crippen LogP contribution < -0.4 is 5.32 Å². The fourth-order valence-electron chi connectivity index (χ4n) is 2.00.